The molecule has 11 nitrogen and oxygen atoms in total. The number of nitrogens with zero attached hydrogens (tertiary/aromatic N) is 2. The molecule has 300 valence electrons. The van der Waals surface area contributed by atoms with Gasteiger partial charge in [0.2, 0.25) is 12.1 Å². The first-order valence-corrected chi connectivity index (χ1v) is 20.2. The van der Waals surface area contributed by atoms with Crippen LogP contribution in [-0.4, -0.2) is 85.6 Å². The standard InChI is InChI=1S/C45H56N2O9/c1-4-24-53-45-40(47(2)44(50)51-3)29-38(46-56-41-17-9-12-25-52-41)36-27-32(15-7-10-22-48)35(16-8-11-23-49)42(43(36)45)37-28-34(20-21-39(37)55-45)54-33-19-18-30-13-5-6-14-31(30)26-33/h4-6,13-14,18-21,26-28,32,35,40-43,48-49H,1,7-12,15-17,22-25,29H2,2-3H3/t32-,35+,40-,41?,42+,43+,45+/m0/s1. The van der Waals surface area contributed by atoms with Crippen LogP contribution in [0.5, 0.6) is 17.2 Å². The summed E-state index contributed by atoms with van der Waals surface area (Å²) in [6.07, 6.45) is 10.8. The van der Waals surface area contributed by atoms with E-state index in [0.29, 0.717) is 36.7 Å². The molecule has 2 N–H and O–H groups in total. The number of amides is 1. The maximum atomic E-state index is 13.4. The Balaban J connectivity index is 1.40. The highest BCUT2D eigenvalue weighted by Gasteiger charge is 2.65. The molecule has 2 heterocycles. The molecule has 7 atom stereocenters. The lowest BCUT2D eigenvalue weighted by molar-refractivity contribution is -0.253. The maximum absolute atomic E-state index is 13.4. The number of likely N-dealkylation sites (N-methyl/N-ethyl adjacent to an activating group) is 1. The van der Waals surface area contributed by atoms with Crippen LogP contribution in [0.4, 0.5) is 4.79 Å². The number of methoxy groups -OCH3 is 1. The molecule has 2 fully saturated rings. The van der Waals surface area contributed by atoms with Crippen molar-refractivity contribution in [3.63, 3.8) is 0 Å². The second-order valence-electron chi connectivity index (χ2n) is 15.4. The van der Waals surface area contributed by atoms with E-state index in [2.05, 4.69) is 36.9 Å². The first kappa shape index (κ1) is 39.8. The summed E-state index contributed by atoms with van der Waals surface area (Å²) in [7, 11) is 3.08. The molecule has 1 saturated carbocycles. The number of rotatable bonds is 16. The van der Waals surface area contributed by atoms with Gasteiger partial charge in [0.15, 0.2) is 0 Å². The van der Waals surface area contributed by atoms with Crippen molar-refractivity contribution in [3.8, 4) is 17.2 Å². The summed E-state index contributed by atoms with van der Waals surface area (Å²) in [6.45, 7) is 5.01. The molecule has 7 rings (SSSR count). The van der Waals surface area contributed by atoms with Crippen LogP contribution in [0.2, 0.25) is 0 Å². The second-order valence-corrected chi connectivity index (χ2v) is 15.4. The molecule has 0 radical (unpaired) electrons. The maximum Gasteiger partial charge on any atom is 0.409 e. The summed E-state index contributed by atoms with van der Waals surface area (Å²) in [5, 5.41) is 26.8. The van der Waals surface area contributed by atoms with Crippen LogP contribution >= 0.6 is 0 Å². The number of benzene rings is 3. The van der Waals surface area contributed by atoms with Crippen molar-refractivity contribution < 1.29 is 43.5 Å². The number of fused-ring (bicyclic) bond motifs is 3. The fourth-order valence-corrected chi connectivity index (χ4v) is 9.35. The van der Waals surface area contributed by atoms with Gasteiger partial charge in [0.05, 0.1) is 32.0 Å². The molecule has 1 saturated heterocycles. The van der Waals surface area contributed by atoms with E-state index in [1.54, 1.807) is 18.0 Å². The molecule has 3 aromatic carbocycles. The number of hydrogen-bond acceptors (Lipinski definition) is 10. The van der Waals surface area contributed by atoms with Gasteiger partial charge in [-0.2, -0.15) is 0 Å². The minimum atomic E-state index is -1.35. The number of aliphatic hydroxyl groups is 2. The molecule has 2 aliphatic carbocycles. The SMILES string of the molecule is C=CCO[C@@]12Oc3ccc(Oc4ccc5ccccc5c4)cc3[C@H]3[C@H](CCCCO)[C@@H](CCCCO)C=C(C(=NOC4CCCCO4)C[C@@H]1N(C)C(=O)OC)[C@H]32. The molecular weight excluding hydrogens is 712 g/mol. The number of ether oxygens (including phenoxy) is 5. The zero-order valence-corrected chi connectivity index (χ0v) is 32.6. The highest BCUT2D eigenvalue weighted by molar-refractivity contribution is 6.03. The number of carbonyl (C=O) groups excluding carboxylic acids is 1. The number of unbranched alkanes of at least 4 members (excludes halogenated alkanes) is 2. The van der Waals surface area contributed by atoms with Crippen molar-refractivity contribution in [1.29, 1.82) is 0 Å². The normalized spacial score (nSPS) is 27.4. The summed E-state index contributed by atoms with van der Waals surface area (Å²) in [5.41, 5.74) is 2.66. The lowest BCUT2D eigenvalue weighted by Gasteiger charge is -2.59. The molecule has 0 bridgehead atoms. The molecule has 56 heavy (non-hydrogen) atoms. The van der Waals surface area contributed by atoms with Crippen molar-refractivity contribution >= 4 is 22.6 Å². The summed E-state index contributed by atoms with van der Waals surface area (Å²) < 4.78 is 31.9. The molecule has 11 heteroatoms. The minimum absolute atomic E-state index is 0.0882. The van der Waals surface area contributed by atoms with Gasteiger partial charge in [-0.15, -0.1) is 6.58 Å². The fraction of sp³-hybridized carbons (Fsp3) is 0.511. The van der Waals surface area contributed by atoms with E-state index >= 15 is 0 Å². The van der Waals surface area contributed by atoms with Gasteiger partial charge in [-0.05, 0) is 97.0 Å². The Hall–Kier alpha value is -4.42. The number of carbonyl (C=O) groups is 1. The topological polar surface area (TPSA) is 129 Å². The van der Waals surface area contributed by atoms with E-state index in [0.717, 1.165) is 72.6 Å². The Bertz CT molecular complexity index is 1890. The highest BCUT2D eigenvalue weighted by atomic mass is 16.8. The van der Waals surface area contributed by atoms with Crippen molar-refractivity contribution in [1.82, 2.24) is 4.90 Å². The van der Waals surface area contributed by atoms with Gasteiger partial charge >= 0.3 is 6.09 Å². The minimum Gasteiger partial charge on any atom is -0.459 e. The average molecular weight is 769 g/mol. The van der Waals surface area contributed by atoms with Gasteiger partial charge in [-0.25, -0.2) is 4.79 Å². The van der Waals surface area contributed by atoms with Gasteiger partial charge in [0.1, 0.15) is 23.3 Å². The van der Waals surface area contributed by atoms with Gasteiger partial charge in [0, 0.05) is 44.6 Å². The molecule has 1 amide bonds. The largest absolute Gasteiger partial charge is 0.459 e. The number of aliphatic hydroxyl groups excluding tert-OH is 2. The predicted octanol–water partition coefficient (Wildman–Crippen LogP) is 8.49. The van der Waals surface area contributed by atoms with Crippen LogP contribution in [0.25, 0.3) is 10.8 Å². The molecule has 0 aromatic heterocycles. The van der Waals surface area contributed by atoms with Gasteiger partial charge < -0.3 is 43.6 Å². The Morgan fingerprint density at radius 3 is 2.52 bits per heavy atom. The predicted molar refractivity (Wildman–Crippen MR) is 214 cm³/mol. The lowest BCUT2D eigenvalue weighted by Crippen LogP contribution is -2.69. The Labute approximate surface area is 329 Å². The number of hydrogen-bond donors (Lipinski definition) is 2. The highest BCUT2D eigenvalue weighted by Crippen LogP contribution is 2.62. The zero-order valence-electron chi connectivity index (χ0n) is 32.6. The zero-order chi connectivity index (χ0) is 39.1. The van der Waals surface area contributed by atoms with Crippen molar-refractivity contribution in [2.75, 3.05) is 40.6 Å². The first-order chi connectivity index (χ1) is 27.4. The smallest absolute Gasteiger partial charge is 0.409 e. The van der Waals surface area contributed by atoms with Gasteiger partial charge in [-0.3, -0.25) is 0 Å². The number of allylic oxidation sites excluding steroid dienone is 1. The molecule has 1 unspecified atom stereocenters. The van der Waals surface area contributed by atoms with Gasteiger partial charge in [0.25, 0.3) is 0 Å². The first-order valence-electron chi connectivity index (χ1n) is 20.2. The summed E-state index contributed by atoms with van der Waals surface area (Å²) in [6, 6.07) is 19.6. The monoisotopic (exact) mass is 768 g/mol. The Kier molecular flexibility index (Phi) is 13.0. The van der Waals surface area contributed by atoms with E-state index < -0.39 is 30.1 Å². The van der Waals surface area contributed by atoms with Crippen LogP contribution < -0.4 is 9.47 Å². The van der Waals surface area contributed by atoms with E-state index in [4.69, 9.17) is 33.7 Å². The van der Waals surface area contributed by atoms with Crippen LogP contribution in [-0.2, 0) is 19.0 Å². The van der Waals surface area contributed by atoms with E-state index in [1.807, 2.05) is 36.4 Å². The molecule has 4 aliphatic rings. The van der Waals surface area contributed by atoms with Crippen LogP contribution in [0, 0.1) is 17.8 Å². The Morgan fingerprint density at radius 2 is 1.77 bits per heavy atom. The third-order valence-corrected chi connectivity index (χ3v) is 11.9. The summed E-state index contributed by atoms with van der Waals surface area (Å²) >= 11 is 0. The fourth-order valence-electron chi connectivity index (χ4n) is 9.35. The van der Waals surface area contributed by atoms with Crippen LogP contribution in [0.1, 0.15) is 75.7 Å². The molecular formula is C45H56N2O9. The average Bonchev–Trinajstić information content (AvgIpc) is 3.23. The van der Waals surface area contributed by atoms with Crippen molar-refractivity contribution in [2.24, 2.45) is 22.9 Å². The summed E-state index contributed by atoms with van der Waals surface area (Å²) in [5.74, 6) is 0.289. The van der Waals surface area contributed by atoms with Crippen molar-refractivity contribution in [3.05, 3.63) is 90.5 Å². The third kappa shape index (κ3) is 8.18. The Morgan fingerprint density at radius 1 is 1.00 bits per heavy atom. The third-order valence-electron chi connectivity index (χ3n) is 11.9. The van der Waals surface area contributed by atoms with E-state index in [-0.39, 0.29) is 44.0 Å². The van der Waals surface area contributed by atoms with Crippen LogP contribution in [0.15, 0.2) is 90.1 Å². The quantitative estimate of drug-likeness (QED) is 0.0838. The van der Waals surface area contributed by atoms with E-state index in [9.17, 15) is 15.0 Å². The van der Waals surface area contributed by atoms with Crippen molar-refractivity contribution in [2.45, 2.75) is 88.2 Å². The molecule has 0 spiro atoms. The number of oxime groups is 1. The lowest BCUT2D eigenvalue weighted by atomic mass is 9.55. The van der Waals surface area contributed by atoms with Crippen LogP contribution in [0.3, 0.4) is 0 Å². The molecule has 3 aromatic rings. The summed E-state index contributed by atoms with van der Waals surface area (Å²) in [4.78, 5) is 21.2. The van der Waals surface area contributed by atoms with E-state index in [1.165, 1.54) is 7.11 Å². The van der Waals surface area contributed by atoms with Gasteiger partial charge in [-0.1, -0.05) is 60.5 Å². The molecule has 2 aliphatic heterocycles. The second kappa shape index (κ2) is 18.2.